The number of ether oxygens (including phenoxy) is 1. The van der Waals surface area contributed by atoms with Crippen molar-refractivity contribution in [2.24, 2.45) is 10.9 Å². The van der Waals surface area contributed by atoms with Crippen molar-refractivity contribution in [2.75, 3.05) is 59.7 Å². The monoisotopic (exact) mass is 1210 g/mol. The van der Waals surface area contributed by atoms with Crippen LogP contribution in [0.1, 0.15) is 10.4 Å². The van der Waals surface area contributed by atoms with Gasteiger partial charge in [-0.2, -0.15) is 5.10 Å². The van der Waals surface area contributed by atoms with Crippen molar-refractivity contribution < 1.29 is 34.8 Å². The zero-order valence-electron chi connectivity index (χ0n) is 46.2. The number of aromatic nitrogens is 8. The molecule has 0 radical (unpaired) electrons. The van der Waals surface area contributed by atoms with Gasteiger partial charge in [0.1, 0.15) is 0 Å². The molecular weight excluding hydrogens is 1150 g/mol. The summed E-state index contributed by atoms with van der Waals surface area (Å²) in [6.45, 7) is 3.33. The van der Waals surface area contributed by atoms with Crippen molar-refractivity contribution in [3.05, 3.63) is 213 Å². The number of primary amides is 1. The lowest BCUT2D eigenvalue weighted by Crippen LogP contribution is -2.36. The molecule has 5 aromatic carbocycles. The molecule has 0 unspecified atom stereocenters. The van der Waals surface area contributed by atoms with Crippen molar-refractivity contribution in [2.45, 2.75) is 14.7 Å². The number of nitrogens with two attached hydrogens (primary N) is 2. The molecule has 0 atom stereocenters. The third kappa shape index (κ3) is 13.0. The van der Waals surface area contributed by atoms with Crippen LogP contribution in [0.15, 0.2) is 222 Å². The first kappa shape index (κ1) is 57.6. The van der Waals surface area contributed by atoms with E-state index >= 15 is 0 Å². The Morgan fingerprint density at radius 3 is 1.26 bits per heavy atom. The number of sulfonamides is 1. The second-order valence-electron chi connectivity index (χ2n) is 19.9. The minimum atomic E-state index is -3.72. The minimum absolute atomic E-state index is 0.0851. The van der Waals surface area contributed by atoms with Gasteiger partial charge in [0.25, 0.3) is 0 Å². The predicted molar refractivity (Wildman–Crippen MR) is 332 cm³/mol. The molecule has 25 heteroatoms. The molecule has 8 N–H and O–H groups in total. The van der Waals surface area contributed by atoms with Crippen LogP contribution in [0.4, 0.5) is 39.8 Å². The number of morpholine rings is 1. The van der Waals surface area contributed by atoms with E-state index in [9.17, 15) is 30.0 Å². The van der Waals surface area contributed by atoms with Gasteiger partial charge in [0.15, 0.2) is 36.6 Å². The van der Waals surface area contributed by atoms with Gasteiger partial charge in [0.2, 0.25) is 15.9 Å². The summed E-state index contributed by atoms with van der Waals surface area (Å²) < 4.78 is 80.7. The fourth-order valence-corrected chi connectivity index (χ4v) is 11.4. The summed E-state index contributed by atoms with van der Waals surface area (Å²) >= 11 is 0. The van der Waals surface area contributed by atoms with Crippen LogP contribution in [0.25, 0.3) is 50.7 Å². The highest BCUT2D eigenvalue weighted by molar-refractivity contribution is 7.91. The SMILES string of the molecule is CS(=O)(=O)c1ccc(Nc2ccc(-c3ccc(C(N)=O)cc3)n3ccnc23)cc1.CS(=O)(=O)c1ccc(Nc2ccc(-c3cn[nH]c3)n3ccnc23)cc1.NS(=O)(=O)c1ccc(-c2ccc(Nc3ccc(N4CCOCC4)cc3)c3nccn23)cc1. The molecule has 0 saturated carbocycles. The Morgan fingerprint density at radius 1 is 0.500 bits per heavy atom. The lowest BCUT2D eigenvalue weighted by Gasteiger charge is -2.29. The average molecular weight is 1210 g/mol. The fraction of sp³-hybridized carbons (Fsp3) is 0.0984. The molecule has 1 fully saturated rings. The number of carbonyl (C=O) groups excluding carboxylic acids is 1. The second-order valence-corrected chi connectivity index (χ2v) is 25.5. The number of primary sulfonamides is 1. The summed E-state index contributed by atoms with van der Waals surface area (Å²) in [6, 6.07) is 46.8. The number of pyridine rings is 3. The van der Waals surface area contributed by atoms with Gasteiger partial charge in [0, 0.05) is 103 Å². The molecule has 12 aromatic rings. The number of nitrogens with one attached hydrogen (secondary N) is 4. The van der Waals surface area contributed by atoms with Crippen molar-refractivity contribution in [1.82, 2.24) is 38.4 Å². The number of hydrogen-bond donors (Lipinski definition) is 6. The number of nitrogens with zero attached hydrogens (tertiary/aromatic N) is 8. The van der Waals surface area contributed by atoms with E-state index in [-0.39, 0.29) is 9.79 Å². The molecule has 1 aliphatic heterocycles. The number of anilines is 7. The molecule has 0 aliphatic carbocycles. The summed E-state index contributed by atoms with van der Waals surface area (Å²) in [5.41, 5.74) is 19.7. The van der Waals surface area contributed by atoms with E-state index in [0.29, 0.717) is 16.1 Å². The van der Waals surface area contributed by atoms with Crippen LogP contribution in [-0.4, -0.2) is 108 Å². The molecular formula is C61H56N14O8S3. The standard InChI is InChI=1S/C23H23N5O3S.C21H18N4O3S.C17H15N5O2S/c24-32(29,30)20-7-1-17(2-8-20)22-10-9-21(23-25-11-12-28(22)23)26-18-3-5-19(6-4-18)27-13-15-31-16-14-27;1-29(27,28)17-8-6-16(7-9-17)24-18-10-11-19(25-13-12-23-21(18)25)14-2-4-15(5-3-14)20(22)26;1-25(23,24)14-4-2-13(3-5-14)21-15-6-7-16(12-10-19-20-11-12)22-9-8-18-17(15)22/h1-12,26H,13-16H2,(H2,24,29,30);2-13,24H,1H3,(H2,22,26);2-11,21H,1H3,(H,19,20). The largest absolute Gasteiger partial charge is 0.378 e. The lowest BCUT2D eigenvalue weighted by molar-refractivity contribution is 0.1000. The Hall–Kier alpha value is -10.2. The Bertz CT molecular complexity index is 4740. The van der Waals surface area contributed by atoms with Gasteiger partial charge in [-0.25, -0.2) is 45.3 Å². The van der Waals surface area contributed by atoms with Gasteiger partial charge < -0.3 is 31.3 Å². The zero-order chi connectivity index (χ0) is 60.2. The van der Waals surface area contributed by atoms with E-state index in [4.69, 9.17) is 15.6 Å². The number of aromatic amines is 1. The van der Waals surface area contributed by atoms with Gasteiger partial charge in [-0.3, -0.25) is 23.1 Å². The van der Waals surface area contributed by atoms with Crippen LogP contribution >= 0.6 is 0 Å². The second kappa shape index (κ2) is 24.2. The number of benzene rings is 5. The van der Waals surface area contributed by atoms with Crippen molar-refractivity contribution in [3.63, 3.8) is 0 Å². The molecule has 0 bridgehead atoms. The van der Waals surface area contributed by atoms with Crippen LogP contribution < -0.4 is 31.7 Å². The highest BCUT2D eigenvalue weighted by atomic mass is 32.2. The van der Waals surface area contributed by atoms with E-state index in [1.165, 1.54) is 30.3 Å². The third-order valence-electron chi connectivity index (χ3n) is 14.0. The smallest absolute Gasteiger partial charge is 0.248 e. The topological polar surface area (TPSA) is 301 Å². The van der Waals surface area contributed by atoms with E-state index in [0.717, 1.165) is 105 Å². The molecule has 8 heterocycles. The van der Waals surface area contributed by atoms with Crippen molar-refractivity contribution >= 4 is 92.4 Å². The number of rotatable bonds is 14. The van der Waals surface area contributed by atoms with Gasteiger partial charge in [-0.1, -0.05) is 24.3 Å². The van der Waals surface area contributed by atoms with Crippen LogP contribution in [-0.2, 0) is 34.4 Å². The maximum absolute atomic E-state index is 11.6. The first-order valence-corrected chi connectivity index (χ1v) is 31.9. The van der Waals surface area contributed by atoms with Gasteiger partial charge in [0.05, 0.1) is 68.2 Å². The highest BCUT2D eigenvalue weighted by Gasteiger charge is 2.17. The Balaban J connectivity index is 0.000000135. The van der Waals surface area contributed by atoms with Crippen LogP contribution in [0.2, 0.25) is 0 Å². The van der Waals surface area contributed by atoms with E-state index < -0.39 is 35.6 Å². The minimum Gasteiger partial charge on any atom is -0.378 e. The van der Waals surface area contributed by atoms with Crippen LogP contribution in [0, 0.1) is 0 Å². The average Bonchev–Trinajstić information content (AvgIpc) is 2.02. The molecule has 1 aliphatic rings. The number of hydrogen-bond acceptors (Lipinski definition) is 16. The van der Waals surface area contributed by atoms with Crippen LogP contribution in [0.3, 0.4) is 0 Å². The number of fused-ring (bicyclic) bond motifs is 3. The molecule has 86 heavy (non-hydrogen) atoms. The summed E-state index contributed by atoms with van der Waals surface area (Å²) in [5.74, 6) is -0.467. The van der Waals surface area contributed by atoms with Gasteiger partial charge in [-0.15, -0.1) is 0 Å². The quantitative estimate of drug-likeness (QED) is 0.0591. The molecule has 7 aromatic heterocycles. The molecule has 0 spiro atoms. The summed E-state index contributed by atoms with van der Waals surface area (Å²) in [6.07, 6.45) is 16.7. The first-order valence-electron chi connectivity index (χ1n) is 26.6. The predicted octanol–water partition coefficient (Wildman–Crippen LogP) is 9.35. The lowest BCUT2D eigenvalue weighted by atomic mass is 10.1. The van der Waals surface area contributed by atoms with Crippen LogP contribution in [0.5, 0.6) is 0 Å². The number of sulfone groups is 2. The normalized spacial score (nSPS) is 12.7. The molecule has 22 nitrogen and oxygen atoms in total. The summed E-state index contributed by atoms with van der Waals surface area (Å²) in [5, 5.41) is 22.0. The maximum Gasteiger partial charge on any atom is 0.248 e. The number of carbonyl (C=O) groups is 1. The van der Waals surface area contributed by atoms with Gasteiger partial charge >= 0.3 is 0 Å². The number of amides is 1. The number of imidazole rings is 3. The van der Waals surface area contributed by atoms with E-state index in [2.05, 4.69) is 70.3 Å². The van der Waals surface area contributed by atoms with E-state index in [1.54, 1.807) is 97.6 Å². The summed E-state index contributed by atoms with van der Waals surface area (Å²) in [4.78, 5) is 27.6. The van der Waals surface area contributed by atoms with Crippen molar-refractivity contribution in [1.29, 1.82) is 0 Å². The summed E-state index contributed by atoms with van der Waals surface area (Å²) in [7, 11) is -10.2. The Kier molecular flexibility index (Phi) is 16.2. The number of H-pyrrole nitrogens is 1. The third-order valence-corrected chi connectivity index (χ3v) is 17.2. The first-order chi connectivity index (χ1) is 41.3. The molecule has 1 amide bonds. The van der Waals surface area contributed by atoms with E-state index in [1.807, 2.05) is 86.5 Å². The maximum atomic E-state index is 11.6. The van der Waals surface area contributed by atoms with Gasteiger partial charge in [-0.05, 0) is 145 Å². The fourth-order valence-electron chi connectivity index (χ4n) is 9.67. The Labute approximate surface area is 494 Å². The Morgan fingerprint density at radius 2 is 0.884 bits per heavy atom. The highest BCUT2D eigenvalue weighted by Crippen LogP contribution is 2.32. The molecule has 1 saturated heterocycles. The molecule has 13 rings (SSSR count). The molecule has 436 valence electrons. The van der Waals surface area contributed by atoms with Crippen molar-refractivity contribution in [3.8, 4) is 33.8 Å². The zero-order valence-corrected chi connectivity index (χ0v) is 48.6.